The Hall–Kier alpha value is -2.59. The van der Waals surface area contributed by atoms with Crippen molar-refractivity contribution in [3.8, 4) is 5.75 Å². The summed E-state index contributed by atoms with van der Waals surface area (Å²) in [7, 11) is 1.47. The Labute approximate surface area is 195 Å². The molecule has 1 aliphatic carbocycles. The first-order valence-corrected chi connectivity index (χ1v) is 11.7. The van der Waals surface area contributed by atoms with Gasteiger partial charge in [0, 0.05) is 19.0 Å². The molecule has 1 aliphatic heterocycles. The van der Waals surface area contributed by atoms with E-state index in [0.717, 1.165) is 0 Å². The molecule has 7 nitrogen and oxygen atoms in total. The minimum absolute atomic E-state index is 0.0239. The standard InChI is InChI=1S/C23H30F4N4O3/c1-4-22(21(32)33)10-5-11-30(12-22)20-18(34-3)13(2)28-19-16(24)17(29-31(19)20)14-6-8-15(9-7-14)23(25,26)27/h14-15H,4-12H2,1-3H3,(H,32,33). The lowest BCUT2D eigenvalue weighted by Crippen LogP contribution is -2.48. The van der Waals surface area contributed by atoms with E-state index in [0.29, 0.717) is 43.1 Å². The molecule has 34 heavy (non-hydrogen) atoms. The van der Waals surface area contributed by atoms with Gasteiger partial charge in [0.15, 0.2) is 23.0 Å². The van der Waals surface area contributed by atoms with Crippen LogP contribution in [0.5, 0.6) is 5.75 Å². The molecular formula is C23H30F4N4O3. The lowest BCUT2D eigenvalue weighted by Gasteiger charge is -2.40. The van der Waals surface area contributed by atoms with Gasteiger partial charge in [-0.25, -0.2) is 9.37 Å². The number of rotatable bonds is 5. The third-order valence-corrected chi connectivity index (χ3v) is 7.62. The number of nitrogens with zero attached hydrogens (tertiary/aromatic N) is 4. The van der Waals surface area contributed by atoms with Gasteiger partial charge in [0.1, 0.15) is 5.69 Å². The Morgan fingerprint density at radius 1 is 1.26 bits per heavy atom. The van der Waals surface area contributed by atoms with Gasteiger partial charge in [-0.05, 0) is 51.9 Å². The number of methoxy groups -OCH3 is 1. The third kappa shape index (κ3) is 4.07. The molecule has 1 saturated heterocycles. The van der Waals surface area contributed by atoms with Crippen LogP contribution in [0.4, 0.5) is 23.4 Å². The number of carboxylic acids is 1. The van der Waals surface area contributed by atoms with Crippen molar-refractivity contribution in [2.75, 3.05) is 25.1 Å². The number of hydrogen-bond acceptors (Lipinski definition) is 5. The molecule has 1 unspecified atom stereocenters. The summed E-state index contributed by atoms with van der Waals surface area (Å²) < 4.78 is 61.7. The van der Waals surface area contributed by atoms with E-state index in [-0.39, 0.29) is 43.6 Å². The van der Waals surface area contributed by atoms with Gasteiger partial charge in [-0.3, -0.25) is 4.79 Å². The van der Waals surface area contributed by atoms with Crippen LogP contribution in [0.3, 0.4) is 0 Å². The number of carboxylic acid groups (broad SMARTS) is 1. The molecule has 2 fully saturated rings. The maximum Gasteiger partial charge on any atom is 0.391 e. The van der Waals surface area contributed by atoms with E-state index in [2.05, 4.69) is 10.1 Å². The SMILES string of the molecule is CCC1(C(=O)O)CCCN(c2c(OC)c(C)nc3c(F)c(C4CCC(C(F)(F)F)CC4)nn23)C1. The van der Waals surface area contributed by atoms with Crippen molar-refractivity contribution in [1.82, 2.24) is 14.6 Å². The van der Waals surface area contributed by atoms with Crippen molar-refractivity contribution >= 4 is 17.4 Å². The minimum Gasteiger partial charge on any atom is -0.491 e. The average Bonchev–Trinajstić information content (AvgIpc) is 3.13. The van der Waals surface area contributed by atoms with E-state index >= 15 is 4.39 Å². The molecule has 2 aromatic heterocycles. The number of fused-ring (bicyclic) bond motifs is 1. The van der Waals surface area contributed by atoms with Gasteiger partial charge in [0.2, 0.25) is 0 Å². The number of aromatic nitrogens is 3. The Kier molecular flexibility index (Phi) is 6.41. The molecule has 0 aromatic carbocycles. The second kappa shape index (κ2) is 8.88. The topological polar surface area (TPSA) is 80.0 Å². The van der Waals surface area contributed by atoms with E-state index in [1.807, 2.05) is 11.8 Å². The van der Waals surface area contributed by atoms with E-state index in [1.165, 1.54) is 11.6 Å². The molecule has 3 heterocycles. The zero-order valence-corrected chi connectivity index (χ0v) is 19.6. The van der Waals surface area contributed by atoms with Gasteiger partial charge < -0.3 is 14.7 Å². The maximum absolute atomic E-state index is 15.5. The second-order valence-corrected chi connectivity index (χ2v) is 9.54. The molecule has 4 rings (SSSR count). The Morgan fingerprint density at radius 2 is 1.94 bits per heavy atom. The first-order valence-electron chi connectivity index (χ1n) is 11.7. The fraction of sp³-hybridized carbons (Fsp3) is 0.696. The first-order chi connectivity index (χ1) is 16.0. The monoisotopic (exact) mass is 486 g/mol. The van der Waals surface area contributed by atoms with Crippen molar-refractivity contribution in [1.29, 1.82) is 0 Å². The molecule has 2 aromatic rings. The third-order valence-electron chi connectivity index (χ3n) is 7.62. The number of halogens is 4. The van der Waals surface area contributed by atoms with Crippen LogP contribution in [-0.4, -0.2) is 52.0 Å². The van der Waals surface area contributed by atoms with Crippen molar-refractivity contribution in [2.45, 2.75) is 70.9 Å². The lowest BCUT2D eigenvalue weighted by molar-refractivity contribution is -0.182. The van der Waals surface area contributed by atoms with Crippen LogP contribution in [0.2, 0.25) is 0 Å². The van der Waals surface area contributed by atoms with Gasteiger partial charge in [-0.15, -0.1) is 0 Å². The van der Waals surface area contributed by atoms with E-state index in [1.54, 1.807) is 6.92 Å². The number of piperidine rings is 1. The predicted molar refractivity (Wildman–Crippen MR) is 117 cm³/mol. The normalized spacial score (nSPS) is 26.1. The Morgan fingerprint density at radius 3 is 2.50 bits per heavy atom. The highest BCUT2D eigenvalue weighted by molar-refractivity contribution is 5.76. The van der Waals surface area contributed by atoms with Crippen LogP contribution in [0.25, 0.3) is 5.65 Å². The van der Waals surface area contributed by atoms with Gasteiger partial charge in [0.25, 0.3) is 0 Å². The number of hydrogen-bond donors (Lipinski definition) is 1. The number of anilines is 1. The molecule has 11 heteroatoms. The fourth-order valence-electron chi connectivity index (χ4n) is 5.52. The van der Waals surface area contributed by atoms with Crippen LogP contribution < -0.4 is 9.64 Å². The zero-order chi connectivity index (χ0) is 24.8. The molecule has 1 saturated carbocycles. The van der Waals surface area contributed by atoms with Gasteiger partial charge >= 0.3 is 12.1 Å². The van der Waals surface area contributed by atoms with Crippen LogP contribution in [0, 0.1) is 24.1 Å². The summed E-state index contributed by atoms with van der Waals surface area (Å²) in [5.74, 6) is -2.52. The van der Waals surface area contributed by atoms with Crippen molar-refractivity contribution in [3.63, 3.8) is 0 Å². The van der Waals surface area contributed by atoms with Crippen LogP contribution in [-0.2, 0) is 4.79 Å². The fourth-order valence-corrected chi connectivity index (χ4v) is 5.52. The molecular weight excluding hydrogens is 456 g/mol. The Bertz CT molecular complexity index is 1080. The predicted octanol–water partition coefficient (Wildman–Crippen LogP) is 5.10. The quantitative estimate of drug-likeness (QED) is 0.593. The van der Waals surface area contributed by atoms with E-state index in [9.17, 15) is 23.1 Å². The largest absolute Gasteiger partial charge is 0.491 e. The molecule has 0 spiro atoms. The second-order valence-electron chi connectivity index (χ2n) is 9.54. The van der Waals surface area contributed by atoms with Gasteiger partial charge in [-0.2, -0.15) is 22.8 Å². The van der Waals surface area contributed by atoms with Gasteiger partial charge in [0.05, 0.1) is 24.1 Å². The van der Waals surface area contributed by atoms with Crippen LogP contribution in [0.1, 0.15) is 69.2 Å². The van der Waals surface area contributed by atoms with Crippen molar-refractivity contribution in [3.05, 3.63) is 17.2 Å². The highest BCUT2D eigenvalue weighted by Crippen LogP contribution is 2.45. The van der Waals surface area contributed by atoms with Crippen molar-refractivity contribution in [2.24, 2.45) is 11.3 Å². The number of alkyl halides is 3. The number of ether oxygens (including phenoxy) is 1. The minimum atomic E-state index is -4.24. The molecule has 1 N–H and O–H groups in total. The van der Waals surface area contributed by atoms with Gasteiger partial charge in [-0.1, -0.05) is 6.92 Å². The zero-order valence-electron chi connectivity index (χ0n) is 19.6. The summed E-state index contributed by atoms with van der Waals surface area (Å²) in [6, 6.07) is 0. The Balaban J connectivity index is 1.76. The summed E-state index contributed by atoms with van der Waals surface area (Å²) in [4.78, 5) is 18.3. The molecule has 188 valence electrons. The average molecular weight is 487 g/mol. The molecule has 0 amide bonds. The molecule has 1 atom stereocenters. The summed E-state index contributed by atoms with van der Waals surface area (Å²) in [5.41, 5.74) is -0.431. The van der Waals surface area contributed by atoms with Crippen molar-refractivity contribution < 1.29 is 32.2 Å². The number of carbonyl (C=O) groups is 1. The van der Waals surface area contributed by atoms with Crippen LogP contribution in [0.15, 0.2) is 0 Å². The number of aryl methyl sites for hydroxylation is 1. The van der Waals surface area contributed by atoms with Crippen LogP contribution >= 0.6 is 0 Å². The summed E-state index contributed by atoms with van der Waals surface area (Å²) in [6.07, 6.45) is -2.38. The first kappa shape index (κ1) is 24.5. The molecule has 0 bridgehead atoms. The lowest BCUT2D eigenvalue weighted by atomic mass is 9.77. The summed E-state index contributed by atoms with van der Waals surface area (Å²) in [6.45, 7) is 4.26. The maximum atomic E-state index is 15.5. The number of aliphatic carboxylic acids is 1. The van der Waals surface area contributed by atoms with E-state index in [4.69, 9.17) is 4.74 Å². The molecule has 2 aliphatic rings. The molecule has 0 radical (unpaired) electrons. The smallest absolute Gasteiger partial charge is 0.391 e. The summed E-state index contributed by atoms with van der Waals surface area (Å²) >= 11 is 0. The van der Waals surface area contributed by atoms with E-state index < -0.39 is 35.2 Å². The highest BCUT2D eigenvalue weighted by Gasteiger charge is 2.44. The summed E-state index contributed by atoms with van der Waals surface area (Å²) in [5, 5.41) is 14.4. The highest BCUT2D eigenvalue weighted by atomic mass is 19.4.